The van der Waals surface area contributed by atoms with E-state index in [0.29, 0.717) is 0 Å². The lowest BCUT2D eigenvalue weighted by molar-refractivity contribution is -0.545. The first-order chi connectivity index (χ1) is 8.05. The van der Waals surface area contributed by atoms with Crippen LogP contribution >= 0.6 is 0 Å². The molecule has 0 aliphatic carbocycles. The van der Waals surface area contributed by atoms with Gasteiger partial charge in [-0.3, -0.25) is 4.23 Å². The predicted molar refractivity (Wildman–Crippen MR) is 74.6 cm³/mol. The maximum Gasteiger partial charge on any atom is 0.354 e. The molecule has 2 rings (SSSR count). The Labute approximate surface area is 128 Å². The molecular formula is C15H20INSi. The zero-order valence-corrected chi connectivity index (χ0v) is 14.4. The summed E-state index contributed by atoms with van der Waals surface area (Å²) in [7, 11) is -1.23. The normalized spacial score (nSPS) is 10.8. The molecule has 18 heavy (non-hydrogen) atoms. The lowest BCUT2D eigenvalue weighted by Crippen LogP contribution is -3.00. The van der Waals surface area contributed by atoms with Crippen LogP contribution in [0, 0.1) is 0 Å². The topological polar surface area (TPSA) is 3.88 Å². The molecule has 1 aromatic heterocycles. The van der Waals surface area contributed by atoms with Gasteiger partial charge in [-0.2, -0.15) is 0 Å². The van der Waals surface area contributed by atoms with Gasteiger partial charge in [0.25, 0.3) is 0 Å². The fourth-order valence-corrected chi connectivity index (χ4v) is 2.90. The maximum atomic E-state index is 2.38. The monoisotopic (exact) mass is 369 g/mol. The van der Waals surface area contributed by atoms with Crippen LogP contribution in [0.3, 0.4) is 0 Å². The predicted octanol–water partition coefficient (Wildman–Crippen LogP) is 0.252. The van der Waals surface area contributed by atoms with Crippen molar-refractivity contribution in [3.8, 4) is 0 Å². The second-order valence-corrected chi connectivity index (χ2v) is 10.3. The van der Waals surface area contributed by atoms with Gasteiger partial charge in [-0.05, 0) is 37.2 Å². The van der Waals surface area contributed by atoms with Crippen LogP contribution in [0.2, 0.25) is 19.6 Å². The fourth-order valence-electron chi connectivity index (χ4n) is 1.85. The largest absolute Gasteiger partial charge is 1.00 e. The van der Waals surface area contributed by atoms with E-state index in [0.717, 1.165) is 6.42 Å². The lowest BCUT2D eigenvalue weighted by atomic mass is 10.1. The number of halogens is 1. The first kappa shape index (κ1) is 15.4. The highest BCUT2D eigenvalue weighted by molar-refractivity contribution is 6.67. The minimum atomic E-state index is -1.23. The summed E-state index contributed by atoms with van der Waals surface area (Å²) in [5, 5.41) is 0. The van der Waals surface area contributed by atoms with Gasteiger partial charge in [0.1, 0.15) is 12.4 Å². The standard InChI is InChI=1S/C15H20NSi.HI/c1-17(2,3)16-11-9-15(10-12-16)13-14-7-5-4-6-8-14;/h4-12H,13H2,1-3H3;1H/q+1;/p-1. The van der Waals surface area contributed by atoms with E-state index in [-0.39, 0.29) is 24.0 Å². The minimum Gasteiger partial charge on any atom is -1.00 e. The van der Waals surface area contributed by atoms with E-state index in [4.69, 9.17) is 0 Å². The molecule has 2 aromatic rings. The van der Waals surface area contributed by atoms with E-state index in [1.54, 1.807) is 0 Å². The Morgan fingerprint density at radius 2 is 1.33 bits per heavy atom. The van der Waals surface area contributed by atoms with E-state index in [2.05, 4.69) is 78.7 Å². The van der Waals surface area contributed by atoms with Crippen LogP contribution in [0.25, 0.3) is 0 Å². The maximum absolute atomic E-state index is 2.38. The highest BCUT2D eigenvalue weighted by Crippen LogP contribution is 2.07. The van der Waals surface area contributed by atoms with Crippen LogP contribution in [-0.4, -0.2) is 8.24 Å². The van der Waals surface area contributed by atoms with Gasteiger partial charge in [-0.15, -0.1) is 0 Å². The molecule has 0 spiro atoms. The number of nitrogens with zero attached hydrogens (tertiary/aromatic N) is 1. The SMILES string of the molecule is C[Si](C)(C)[n+]1ccc(Cc2ccccc2)cc1.[I-]. The van der Waals surface area contributed by atoms with Crippen molar-refractivity contribution in [3.05, 3.63) is 66.0 Å². The molecule has 0 aliphatic heterocycles. The van der Waals surface area contributed by atoms with E-state index in [9.17, 15) is 0 Å². The Balaban J connectivity index is 0.00000162. The highest BCUT2D eigenvalue weighted by Gasteiger charge is 2.26. The second kappa shape index (κ2) is 6.47. The molecule has 1 nitrogen and oxygen atoms in total. The summed E-state index contributed by atoms with van der Waals surface area (Å²) in [5.74, 6) is 0. The average molecular weight is 369 g/mol. The van der Waals surface area contributed by atoms with Gasteiger partial charge < -0.3 is 24.0 Å². The van der Waals surface area contributed by atoms with Crippen LogP contribution in [0.4, 0.5) is 0 Å². The molecule has 1 aromatic carbocycles. The third-order valence-electron chi connectivity index (χ3n) is 2.92. The van der Waals surface area contributed by atoms with E-state index in [1.165, 1.54) is 11.1 Å². The summed E-state index contributed by atoms with van der Waals surface area (Å²) >= 11 is 0. The smallest absolute Gasteiger partial charge is 0.354 e. The Morgan fingerprint density at radius 1 is 0.833 bits per heavy atom. The summed E-state index contributed by atoms with van der Waals surface area (Å²) in [6.45, 7) is 7.05. The molecule has 0 fully saturated rings. The first-order valence-corrected chi connectivity index (χ1v) is 9.55. The van der Waals surface area contributed by atoms with Crippen molar-refractivity contribution < 1.29 is 28.2 Å². The van der Waals surface area contributed by atoms with Crippen LogP contribution in [0.15, 0.2) is 54.9 Å². The molecule has 96 valence electrons. The van der Waals surface area contributed by atoms with Crippen molar-refractivity contribution >= 4 is 8.24 Å². The van der Waals surface area contributed by atoms with Crippen LogP contribution in [-0.2, 0) is 6.42 Å². The van der Waals surface area contributed by atoms with Crippen molar-refractivity contribution in [2.24, 2.45) is 0 Å². The third kappa shape index (κ3) is 4.21. The van der Waals surface area contributed by atoms with Gasteiger partial charge in [0.15, 0.2) is 0 Å². The molecule has 0 amide bonds. The van der Waals surface area contributed by atoms with Crippen molar-refractivity contribution in [2.45, 2.75) is 26.1 Å². The Kier molecular flexibility index (Phi) is 5.53. The summed E-state index contributed by atoms with van der Waals surface area (Å²) in [4.78, 5) is 0. The fraction of sp³-hybridized carbons (Fsp3) is 0.267. The number of hydrogen-bond acceptors (Lipinski definition) is 0. The van der Waals surface area contributed by atoms with E-state index in [1.807, 2.05) is 0 Å². The average Bonchev–Trinajstić information content (AvgIpc) is 2.30. The van der Waals surface area contributed by atoms with Crippen molar-refractivity contribution in [1.29, 1.82) is 0 Å². The molecule has 3 heteroatoms. The Morgan fingerprint density at radius 3 is 1.83 bits per heavy atom. The lowest BCUT2D eigenvalue weighted by Gasteiger charge is -2.09. The minimum absolute atomic E-state index is 0. The van der Waals surface area contributed by atoms with Gasteiger partial charge >= 0.3 is 8.24 Å². The summed E-state index contributed by atoms with van der Waals surface area (Å²) in [6, 6.07) is 15.1. The molecule has 0 radical (unpaired) electrons. The molecule has 0 unspecified atom stereocenters. The molecular weight excluding hydrogens is 349 g/mol. The molecule has 0 saturated heterocycles. The molecule has 0 N–H and O–H groups in total. The molecule has 0 atom stereocenters. The number of pyridine rings is 1. The number of aromatic nitrogens is 1. The van der Waals surface area contributed by atoms with Crippen LogP contribution in [0.1, 0.15) is 11.1 Å². The molecule has 1 heterocycles. The number of hydrogen-bond donors (Lipinski definition) is 0. The molecule has 0 bridgehead atoms. The Bertz CT molecular complexity index is 474. The Hall–Kier alpha value is -0.683. The summed E-state index contributed by atoms with van der Waals surface area (Å²) in [5.41, 5.74) is 2.75. The van der Waals surface area contributed by atoms with Crippen molar-refractivity contribution in [3.63, 3.8) is 0 Å². The van der Waals surface area contributed by atoms with Gasteiger partial charge in [0.2, 0.25) is 0 Å². The number of rotatable bonds is 3. The second-order valence-electron chi connectivity index (χ2n) is 5.45. The van der Waals surface area contributed by atoms with Gasteiger partial charge in [-0.25, -0.2) is 0 Å². The summed E-state index contributed by atoms with van der Waals surface area (Å²) in [6.07, 6.45) is 5.47. The third-order valence-corrected chi connectivity index (χ3v) is 4.77. The van der Waals surface area contributed by atoms with Gasteiger partial charge in [0, 0.05) is 12.1 Å². The molecule has 0 aliphatic rings. The zero-order valence-electron chi connectivity index (χ0n) is 11.2. The zero-order chi connectivity index (χ0) is 12.3. The highest BCUT2D eigenvalue weighted by atomic mass is 127. The quantitative estimate of drug-likeness (QED) is 0.540. The summed E-state index contributed by atoms with van der Waals surface area (Å²) < 4.78 is 2.38. The van der Waals surface area contributed by atoms with Crippen LogP contribution in [0.5, 0.6) is 0 Å². The van der Waals surface area contributed by atoms with E-state index >= 15 is 0 Å². The van der Waals surface area contributed by atoms with E-state index < -0.39 is 8.24 Å². The van der Waals surface area contributed by atoms with Crippen LogP contribution < -0.4 is 28.2 Å². The van der Waals surface area contributed by atoms with Gasteiger partial charge in [-0.1, -0.05) is 30.3 Å². The van der Waals surface area contributed by atoms with Crippen molar-refractivity contribution in [1.82, 2.24) is 0 Å². The number of benzene rings is 1. The van der Waals surface area contributed by atoms with Gasteiger partial charge in [0.05, 0.1) is 0 Å². The first-order valence-electron chi connectivity index (χ1n) is 6.10. The molecule has 0 saturated carbocycles. The van der Waals surface area contributed by atoms with Crippen molar-refractivity contribution in [2.75, 3.05) is 0 Å².